The summed E-state index contributed by atoms with van der Waals surface area (Å²) in [7, 11) is 0. The lowest BCUT2D eigenvalue weighted by Gasteiger charge is -2.15. The van der Waals surface area contributed by atoms with Crippen molar-refractivity contribution < 1.29 is 4.79 Å². The van der Waals surface area contributed by atoms with Gasteiger partial charge < -0.3 is 10.6 Å². The van der Waals surface area contributed by atoms with E-state index in [0.29, 0.717) is 6.04 Å². The highest BCUT2D eigenvalue weighted by atomic mass is 16.1. The summed E-state index contributed by atoms with van der Waals surface area (Å²) in [5.74, 6) is 0.0627. The first kappa shape index (κ1) is 11.5. The zero-order chi connectivity index (χ0) is 10.2. The Morgan fingerprint density at radius 1 is 1.14 bits per heavy atom. The molecule has 1 aliphatic rings. The molecule has 82 valence electrons. The smallest absolute Gasteiger partial charge is 0.216 e. The van der Waals surface area contributed by atoms with Gasteiger partial charge in [-0.25, -0.2) is 0 Å². The van der Waals surface area contributed by atoms with Crippen LogP contribution < -0.4 is 10.6 Å². The van der Waals surface area contributed by atoms with Gasteiger partial charge in [0.2, 0.25) is 5.91 Å². The second-order valence-corrected chi connectivity index (χ2v) is 4.13. The van der Waals surface area contributed by atoms with E-state index in [-0.39, 0.29) is 5.91 Å². The van der Waals surface area contributed by atoms with Gasteiger partial charge in [-0.1, -0.05) is 25.7 Å². The summed E-state index contributed by atoms with van der Waals surface area (Å²) in [6, 6.07) is 0.686. The lowest BCUT2D eigenvalue weighted by molar-refractivity contribution is -0.118. The number of carbonyl (C=O) groups is 1. The Morgan fingerprint density at radius 2 is 1.79 bits per heavy atom. The van der Waals surface area contributed by atoms with Gasteiger partial charge in [-0.15, -0.1) is 0 Å². The second kappa shape index (κ2) is 6.82. The number of hydrogen-bond donors (Lipinski definition) is 2. The largest absolute Gasteiger partial charge is 0.355 e. The highest BCUT2D eigenvalue weighted by Gasteiger charge is 2.10. The van der Waals surface area contributed by atoms with E-state index in [1.54, 1.807) is 6.92 Å². The van der Waals surface area contributed by atoms with Gasteiger partial charge in [-0.05, 0) is 12.8 Å². The minimum absolute atomic E-state index is 0.0627. The van der Waals surface area contributed by atoms with Crippen molar-refractivity contribution in [3.05, 3.63) is 0 Å². The Morgan fingerprint density at radius 3 is 2.36 bits per heavy atom. The molecule has 1 saturated carbocycles. The van der Waals surface area contributed by atoms with E-state index >= 15 is 0 Å². The minimum atomic E-state index is 0.0627. The van der Waals surface area contributed by atoms with Crippen LogP contribution in [0.25, 0.3) is 0 Å². The van der Waals surface area contributed by atoms with Gasteiger partial charge in [-0.2, -0.15) is 0 Å². The third-order valence-electron chi connectivity index (χ3n) is 2.79. The van der Waals surface area contributed by atoms with E-state index < -0.39 is 0 Å². The Hall–Kier alpha value is -0.570. The molecule has 0 bridgehead atoms. The van der Waals surface area contributed by atoms with Crippen molar-refractivity contribution in [2.24, 2.45) is 0 Å². The van der Waals surface area contributed by atoms with Gasteiger partial charge in [0.05, 0.1) is 0 Å². The van der Waals surface area contributed by atoms with Crippen LogP contribution in [0.4, 0.5) is 0 Å². The molecule has 3 nitrogen and oxygen atoms in total. The molecule has 0 saturated heterocycles. The van der Waals surface area contributed by atoms with E-state index in [2.05, 4.69) is 10.6 Å². The SMILES string of the molecule is CC(=O)NCCNC1CCCCCC1. The zero-order valence-corrected chi connectivity index (χ0v) is 9.14. The van der Waals surface area contributed by atoms with Crippen LogP contribution in [0, 0.1) is 0 Å². The summed E-state index contributed by atoms with van der Waals surface area (Å²) in [6.07, 6.45) is 8.11. The first-order valence-electron chi connectivity index (χ1n) is 5.77. The fourth-order valence-electron chi connectivity index (χ4n) is 2.00. The Kier molecular flexibility index (Phi) is 5.60. The monoisotopic (exact) mass is 198 g/mol. The van der Waals surface area contributed by atoms with E-state index in [9.17, 15) is 4.79 Å². The molecule has 3 heteroatoms. The van der Waals surface area contributed by atoms with E-state index in [1.807, 2.05) is 0 Å². The van der Waals surface area contributed by atoms with E-state index in [4.69, 9.17) is 0 Å². The van der Waals surface area contributed by atoms with Gasteiger partial charge in [0, 0.05) is 26.1 Å². The van der Waals surface area contributed by atoms with Crippen molar-refractivity contribution in [1.29, 1.82) is 0 Å². The first-order valence-corrected chi connectivity index (χ1v) is 5.77. The molecule has 2 N–H and O–H groups in total. The fraction of sp³-hybridized carbons (Fsp3) is 0.909. The second-order valence-electron chi connectivity index (χ2n) is 4.13. The van der Waals surface area contributed by atoms with Crippen molar-refractivity contribution in [2.45, 2.75) is 51.5 Å². The number of amides is 1. The average molecular weight is 198 g/mol. The first-order chi connectivity index (χ1) is 6.79. The van der Waals surface area contributed by atoms with Crippen LogP contribution in [0.5, 0.6) is 0 Å². The van der Waals surface area contributed by atoms with Crippen LogP contribution in [0.2, 0.25) is 0 Å². The normalized spacial score (nSPS) is 18.9. The summed E-state index contributed by atoms with van der Waals surface area (Å²) >= 11 is 0. The van der Waals surface area contributed by atoms with Crippen LogP contribution in [-0.4, -0.2) is 25.0 Å². The molecule has 0 aromatic carbocycles. The van der Waals surface area contributed by atoms with Crippen LogP contribution in [0.15, 0.2) is 0 Å². The predicted octanol–water partition coefficient (Wildman–Crippen LogP) is 1.43. The van der Waals surface area contributed by atoms with Crippen molar-refractivity contribution in [2.75, 3.05) is 13.1 Å². The molecule has 0 aromatic rings. The molecule has 0 atom stereocenters. The molecular weight excluding hydrogens is 176 g/mol. The third kappa shape index (κ3) is 5.22. The molecule has 0 spiro atoms. The molecule has 0 aliphatic heterocycles. The standard InChI is InChI=1S/C11H22N2O/c1-10(14)12-8-9-13-11-6-4-2-3-5-7-11/h11,13H,2-9H2,1H3,(H,12,14). The van der Waals surface area contributed by atoms with Crippen molar-refractivity contribution in [1.82, 2.24) is 10.6 Å². The minimum Gasteiger partial charge on any atom is -0.355 e. The molecule has 14 heavy (non-hydrogen) atoms. The van der Waals surface area contributed by atoms with Crippen LogP contribution in [0.3, 0.4) is 0 Å². The maximum absolute atomic E-state index is 10.6. The molecular formula is C11H22N2O. The summed E-state index contributed by atoms with van der Waals surface area (Å²) in [5.41, 5.74) is 0. The Balaban J connectivity index is 2.01. The van der Waals surface area contributed by atoms with E-state index in [0.717, 1.165) is 13.1 Å². The lowest BCUT2D eigenvalue weighted by atomic mass is 10.1. The highest BCUT2D eigenvalue weighted by molar-refractivity contribution is 5.72. The molecule has 0 radical (unpaired) electrons. The van der Waals surface area contributed by atoms with Crippen LogP contribution >= 0.6 is 0 Å². The van der Waals surface area contributed by atoms with E-state index in [1.165, 1.54) is 38.5 Å². The third-order valence-corrected chi connectivity index (χ3v) is 2.79. The van der Waals surface area contributed by atoms with Gasteiger partial charge in [0.25, 0.3) is 0 Å². The van der Waals surface area contributed by atoms with Crippen LogP contribution in [0.1, 0.15) is 45.4 Å². The molecule has 0 heterocycles. The predicted molar refractivity (Wildman–Crippen MR) is 58.2 cm³/mol. The summed E-state index contributed by atoms with van der Waals surface area (Å²) in [4.78, 5) is 10.6. The molecule has 1 fully saturated rings. The Labute approximate surface area is 86.6 Å². The highest BCUT2D eigenvalue weighted by Crippen LogP contribution is 2.16. The van der Waals surface area contributed by atoms with Gasteiger partial charge in [0.1, 0.15) is 0 Å². The number of nitrogens with one attached hydrogen (secondary N) is 2. The molecule has 0 aromatic heterocycles. The van der Waals surface area contributed by atoms with Crippen LogP contribution in [-0.2, 0) is 4.79 Å². The average Bonchev–Trinajstić information content (AvgIpc) is 2.40. The quantitative estimate of drug-likeness (QED) is 0.530. The van der Waals surface area contributed by atoms with Gasteiger partial charge >= 0.3 is 0 Å². The number of carbonyl (C=O) groups excluding carboxylic acids is 1. The number of rotatable bonds is 4. The zero-order valence-electron chi connectivity index (χ0n) is 9.14. The maximum Gasteiger partial charge on any atom is 0.216 e. The Bertz CT molecular complexity index is 163. The molecule has 0 unspecified atom stereocenters. The van der Waals surface area contributed by atoms with Gasteiger partial charge in [0.15, 0.2) is 0 Å². The van der Waals surface area contributed by atoms with Gasteiger partial charge in [-0.3, -0.25) is 4.79 Å². The fourth-order valence-corrected chi connectivity index (χ4v) is 2.00. The number of hydrogen-bond acceptors (Lipinski definition) is 2. The van der Waals surface area contributed by atoms with Crippen molar-refractivity contribution >= 4 is 5.91 Å². The summed E-state index contributed by atoms with van der Waals surface area (Å²) < 4.78 is 0. The lowest BCUT2D eigenvalue weighted by Crippen LogP contribution is -2.36. The van der Waals surface area contributed by atoms with Crippen molar-refractivity contribution in [3.8, 4) is 0 Å². The summed E-state index contributed by atoms with van der Waals surface area (Å²) in [5, 5.41) is 6.30. The molecule has 1 amide bonds. The molecule has 1 rings (SSSR count). The maximum atomic E-state index is 10.6. The van der Waals surface area contributed by atoms with Crippen molar-refractivity contribution in [3.63, 3.8) is 0 Å². The summed E-state index contributed by atoms with van der Waals surface area (Å²) in [6.45, 7) is 3.22. The molecule has 1 aliphatic carbocycles. The topological polar surface area (TPSA) is 41.1 Å².